The molecule has 3 aromatic carbocycles. The zero-order valence-electron chi connectivity index (χ0n) is 16.5. The largest absolute Gasteiger partial charge is 0.321 e. The Kier molecular flexibility index (Phi) is 7.00. The Hall–Kier alpha value is -3.42. The van der Waals surface area contributed by atoms with E-state index in [1.54, 1.807) is 18.2 Å². The summed E-state index contributed by atoms with van der Waals surface area (Å²) in [5, 5.41) is 12.7. The molecule has 0 unspecified atom stereocenters. The number of benzene rings is 3. The highest BCUT2D eigenvalue weighted by molar-refractivity contribution is 6.31. The summed E-state index contributed by atoms with van der Waals surface area (Å²) in [4.78, 5) is 12.6. The van der Waals surface area contributed by atoms with Gasteiger partial charge in [-0.25, -0.2) is 4.39 Å². The number of halogens is 2. The first-order valence-corrected chi connectivity index (χ1v) is 9.92. The lowest BCUT2D eigenvalue weighted by atomic mass is 10.0. The van der Waals surface area contributed by atoms with Crippen LogP contribution in [0.3, 0.4) is 0 Å². The third kappa shape index (κ3) is 5.34. The molecule has 0 spiro atoms. The summed E-state index contributed by atoms with van der Waals surface area (Å²) in [5.41, 5.74) is 3.95. The number of para-hydroxylation sites is 1. The maximum Gasteiger partial charge on any atom is 0.266 e. The number of hydrogen-bond donors (Lipinski definition) is 1. The molecule has 3 nitrogen and oxygen atoms in total. The van der Waals surface area contributed by atoms with Crippen LogP contribution >= 0.6 is 11.6 Å². The number of nitriles is 1. The Balaban J connectivity index is 1.79. The molecule has 3 aromatic rings. The molecule has 0 saturated heterocycles. The monoisotopic (exact) mass is 418 g/mol. The molecule has 0 saturated carbocycles. The van der Waals surface area contributed by atoms with Crippen LogP contribution in [0.25, 0.3) is 6.08 Å². The molecule has 0 bridgehead atoms. The summed E-state index contributed by atoms with van der Waals surface area (Å²) in [6, 6.07) is 21.1. The van der Waals surface area contributed by atoms with Gasteiger partial charge in [-0.2, -0.15) is 5.26 Å². The van der Waals surface area contributed by atoms with Crippen molar-refractivity contribution in [2.75, 3.05) is 5.32 Å². The molecule has 150 valence electrons. The van der Waals surface area contributed by atoms with E-state index in [1.165, 1.54) is 18.2 Å². The zero-order chi connectivity index (χ0) is 21.5. The van der Waals surface area contributed by atoms with Crippen LogP contribution in [0.1, 0.15) is 29.2 Å². The molecular formula is C25H20ClFN2O. The minimum Gasteiger partial charge on any atom is -0.321 e. The topological polar surface area (TPSA) is 52.9 Å². The highest BCUT2D eigenvalue weighted by atomic mass is 35.5. The van der Waals surface area contributed by atoms with Gasteiger partial charge in [0.1, 0.15) is 17.5 Å². The van der Waals surface area contributed by atoms with Crippen molar-refractivity contribution >= 4 is 29.3 Å². The summed E-state index contributed by atoms with van der Waals surface area (Å²) in [6.45, 7) is 2.00. The molecule has 0 aromatic heterocycles. The van der Waals surface area contributed by atoms with E-state index in [4.69, 9.17) is 11.6 Å². The van der Waals surface area contributed by atoms with Crippen molar-refractivity contribution in [1.82, 2.24) is 0 Å². The molecule has 1 N–H and O–H groups in total. The Morgan fingerprint density at radius 1 is 1.10 bits per heavy atom. The van der Waals surface area contributed by atoms with Crippen molar-refractivity contribution in [3.8, 4) is 6.07 Å². The number of rotatable bonds is 6. The van der Waals surface area contributed by atoms with Gasteiger partial charge in [0.15, 0.2) is 0 Å². The Labute approximate surface area is 180 Å². The second-order valence-electron chi connectivity index (χ2n) is 6.79. The molecule has 0 atom stereocenters. The average Bonchev–Trinajstić information content (AvgIpc) is 2.74. The maximum atomic E-state index is 13.4. The van der Waals surface area contributed by atoms with Crippen molar-refractivity contribution in [3.05, 3.63) is 105 Å². The van der Waals surface area contributed by atoms with E-state index in [1.807, 2.05) is 49.4 Å². The number of anilines is 1. The molecular weight excluding hydrogens is 399 g/mol. The number of carbonyl (C=O) groups excluding carboxylic acids is 1. The first-order chi connectivity index (χ1) is 14.5. The second-order valence-corrected chi connectivity index (χ2v) is 7.20. The Bertz CT molecular complexity index is 1150. The van der Waals surface area contributed by atoms with E-state index in [2.05, 4.69) is 5.32 Å². The Morgan fingerprint density at radius 2 is 1.90 bits per heavy atom. The van der Waals surface area contributed by atoms with Crippen molar-refractivity contribution in [2.24, 2.45) is 0 Å². The van der Waals surface area contributed by atoms with Gasteiger partial charge in [0.2, 0.25) is 0 Å². The molecule has 3 rings (SSSR count). The van der Waals surface area contributed by atoms with E-state index < -0.39 is 5.91 Å². The predicted molar refractivity (Wildman–Crippen MR) is 119 cm³/mol. The van der Waals surface area contributed by atoms with Gasteiger partial charge >= 0.3 is 0 Å². The van der Waals surface area contributed by atoms with Crippen LogP contribution in [0.4, 0.5) is 10.1 Å². The third-order valence-electron chi connectivity index (χ3n) is 4.68. The van der Waals surface area contributed by atoms with Gasteiger partial charge in [-0.1, -0.05) is 61.0 Å². The molecule has 0 heterocycles. The van der Waals surface area contributed by atoms with Gasteiger partial charge in [-0.3, -0.25) is 4.79 Å². The fraction of sp³-hybridized carbons (Fsp3) is 0.120. The van der Waals surface area contributed by atoms with Crippen molar-refractivity contribution in [2.45, 2.75) is 19.8 Å². The molecule has 0 fully saturated rings. The molecule has 0 aliphatic heterocycles. The standard InChI is InChI=1S/C25H20ClFN2O/c1-2-19-7-3-4-9-24(19)29-25(30)21(16-28)13-18-10-11-20(23(26)15-18)12-17-6-5-8-22(27)14-17/h3-11,13-15H,2,12H2,1H3,(H,29,30)/b21-13+. The highest BCUT2D eigenvalue weighted by Gasteiger charge is 2.12. The van der Waals surface area contributed by atoms with Crippen LogP contribution in [-0.4, -0.2) is 5.91 Å². The Morgan fingerprint density at radius 3 is 2.60 bits per heavy atom. The summed E-state index contributed by atoms with van der Waals surface area (Å²) < 4.78 is 13.4. The fourth-order valence-corrected chi connectivity index (χ4v) is 3.37. The molecule has 30 heavy (non-hydrogen) atoms. The SMILES string of the molecule is CCc1ccccc1NC(=O)/C(C#N)=C/c1ccc(Cc2cccc(F)c2)c(Cl)c1. The minimum absolute atomic E-state index is 0.0187. The molecule has 5 heteroatoms. The summed E-state index contributed by atoms with van der Waals surface area (Å²) in [7, 11) is 0. The van der Waals surface area contributed by atoms with Crippen LogP contribution < -0.4 is 5.32 Å². The number of amides is 1. The van der Waals surface area contributed by atoms with E-state index in [0.29, 0.717) is 22.7 Å². The van der Waals surface area contributed by atoms with Crippen molar-refractivity contribution in [3.63, 3.8) is 0 Å². The van der Waals surface area contributed by atoms with E-state index >= 15 is 0 Å². The van der Waals surface area contributed by atoms with Crippen LogP contribution in [0.15, 0.2) is 72.3 Å². The average molecular weight is 419 g/mol. The van der Waals surface area contributed by atoms with Crippen molar-refractivity contribution in [1.29, 1.82) is 5.26 Å². The van der Waals surface area contributed by atoms with Gasteiger partial charge in [-0.05, 0) is 65.4 Å². The lowest BCUT2D eigenvalue weighted by Crippen LogP contribution is -2.14. The van der Waals surface area contributed by atoms with Gasteiger partial charge < -0.3 is 5.32 Å². The summed E-state index contributed by atoms with van der Waals surface area (Å²) in [5.74, 6) is -0.768. The summed E-state index contributed by atoms with van der Waals surface area (Å²) in [6.07, 6.45) is 2.76. The first kappa shape index (κ1) is 21.3. The second kappa shape index (κ2) is 9.87. The molecule has 1 amide bonds. The normalized spacial score (nSPS) is 11.1. The quantitative estimate of drug-likeness (QED) is 0.384. The van der Waals surface area contributed by atoms with Crippen molar-refractivity contribution < 1.29 is 9.18 Å². The van der Waals surface area contributed by atoms with E-state index in [-0.39, 0.29) is 11.4 Å². The smallest absolute Gasteiger partial charge is 0.266 e. The number of carbonyl (C=O) groups is 1. The zero-order valence-corrected chi connectivity index (χ0v) is 17.2. The highest BCUT2D eigenvalue weighted by Crippen LogP contribution is 2.23. The number of hydrogen-bond acceptors (Lipinski definition) is 2. The molecule has 0 aliphatic rings. The third-order valence-corrected chi connectivity index (χ3v) is 5.04. The van der Waals surface area contributed by atoms with Crippen LogP contribution in [0.2, 0.25) is 5.02 Å². The number of nitrogens with one attached hydrogen (secondary N) is 1. The van der Waals surface area contributed by atoms with E-state index in [9.17, 15) is 14.4 Å². The molecule has 0 aliphatic carbocycles. The predicted octanol–water partition coefficient (Wildman–Crippen LogP) is 6.18. The van der Waals surface area contributed by atoms with Gasteiger partial charge in [-0.15, -0.1) is 0 Å². The minimum atomic E-state index is -0.474. The lowest BCUT2D eigenvalue weighted by molar-refractivity contribution is -0.112. The fourth-order valence-electron chi connectivity index (χ4n) is 3.12. The van der Waals surface area contributed by atoms with Gasteiger partial charge in [0.05, 0.1) is 0 Å². The summed E-state index contributed by atoms with van der Waals surface area (Å²) >= 11 is 6.39. The van der Waals surface area contributed by atoms with Crippen LogP contribution in [-0.2, 0) is 17.6 Å². The van der Waals surface area contributed by atoms with Crippen LogP contribution in [0.5, 0.6) is 0 Å². The molecule has 0 radical (unpaired) electrons. The van der Waals surface area contributed by atoms with Crippen LogP contribution in [0, 0.1) is 17.1 Å². The number of nitrogens with zero attached hydrogens (tertiary/aromatic N) is 1. The lowest BCUT2D eigenvalue weighted by Gasteiger charge is -2.09. The number of aryl methyl sites for hydroxylation is 1. The van der Waals surface area contributed by atoms with Gasteiger partial charge in [0.25, 0.3) is 5.91 Å². The van der Waals surface area contributed by atoms with E-state index in [0.717, 1.165) is 23.1 Å². The van der Waals surface area contributed by atoms with Gasteiger partial charge in [0, 0.05) is 10.7 Å². The first-order valence-electron chi connectivity index (χ1n) is 9.54. The maximum absolute atomic E-state index is 13.4.